The van der Waals surface area contributed by atoms with Crippen LogP contribution in [0.5, 0.6) is 6.01 Å². The van der Waals surface area contributed by atoms with Gasteiger partial charge in [0.2, 0.25) is 5.95 Å². The van der Waals surface area contributed by atoms with E-state index in [0.29, 0.717) is 30.1 Å². The second kappa shape index (κ2) is 6.04. The molecule has 7 nitrogen and oxygen atoms in total. The largest absolute Gasteiger partial charge is 0.464 e. The van der Waals surface area contributed by atoms with E-state index in [9.17, 15) is 0 Å². The van der Waals surface area contributed by atoms with Gasteiger partial charge in [0.05, 0.1) is 23.0 Å². The molecule has 0 aliphatic heterocycles. The van der Waals surface area contributed by atoms with Crippen LogP contribution in [0.4, 0.5) is 5.95 Å². The minimum absolute atomic E-state index is 0.261. The maximum Gasteiger partial charge on any atom is 0.323 e. The van der Waals surface area contributed by atoms with E-state index < -0.39 is 0 Å². The molecule has 2 heterocycles. The van der Waals surface area contributed by atoms with Crippen LogP contribution in [0.3, 0.4) is 0 Å². The lowest BCUT2D eigenvalue weighted by atomic mass is 10.4. The van der Waals surface area contributed by atoms with Crippen molar-refractivity contribution in [3.05, 3.63) is 16.4 Å². The molecule has 0 saturated heterocycles. The molecule has 0 atom stereocenters. The fourth-order valence-electron chi connectivity index (χ4n) is 1.69. The summed E-state index contributed by atoms with van der Waals surface area (Å²) in [5.41, 5.74) is 1.51. The van der Waals surface area contributed by atoms with Gasteiger partial charge in [0.1, 0.15) is 0 Å². The fourth-order valence-corrected chi connectivity index (χ4v) is 1.81. The summed E-state index contributed by atoms with van der Waals surface area (Å²) in [6.45, 7) is 8.71. The van der Waals surface area contributed by atoms with E-state index in [0.717, 1.165) is 11.4 Å². The number of hydrogen-bond donors (Lipinski definition) is 1. The third kappa shape index (κ3) is 2.82. The second-order valence-corrected chi connectivity index (χ2v) is 4.48. The van der Waals surface area contributed by atoms with Crippen molar-refractivity contribution in [1.82, 2.24) is 24.7 Å². The van der Waals surface area contributed by atoms with E-state index in [1.165, 1.54) is 0 Å². The van der Waals surface area contributed by atoms with Gasteiger partial charge < -0.3 is 10.1 Å². The van der Waals surface area contributed by atoms with Gasteiger partial charge in [-0.3, -0.25) is 0 Å². The molecule has 8 heteroatoms. The SMILES string of the molecule is CCNc1nc(OCC)nc(-n2nc(C)c(Cl)c2C)n1. The van der Waals surface area contributed by atoms with E-state index in [-0.39, 0.29) is 6.01 Å². The Hall–Kier alpha value is -1.89. The molecule has 0 aliphatic carbocycles. The standard InChI is InChI=1S/C12H17ClN6O/c1-5-14-10-15-11(17-12(16-10)20-6-2)19-8(4)9(13)7(3)18-19/h5-6H2,1-4H3,(H,14,15,16,17). The Labute approximate surface area is 122 Å². The van der Waals surface area contributed by atoms with Crippen molar-refractivity contribution in [1.29, 1.82) is 0 Å². The molecular weight excluding hydrogens is 280 g/mol. The highest BCUT2D eigenvalue weighted by Gasteiger charge is 2.15. The zero-order valence-corrected chi connectivity index (χ0v) is 12.7. The van der Waals surface area contributed by atoms with E-state index in [1.54, 1.807) is 4.68 Å². The summed E-state index contributed by atoms with van der Waals surface area (Å²) < 4.78 is 6.94. The van der Waals surface area contributed by atoms with Gasteiger partial charge in [-0.2, -0.15) is 20.1 Å². The van der Waals surface area contributed by atoms with Gasteiger partial charge in [0, 0.05) is 6.54 Å². The van der Waals surface area contributed by atoms with Crippen LogP contribution in [0.25, 0.3) is 5.95 Å². The normalized spacial score (nSPS) is 10.7. The maximum absolute atomic E-state index is 6.15. The molecule has 0 amide bonds. The minimum Gasteiger partial charge on any atom is -0.464 e. The maximum atomic E-state index is 6.15. The first-order valence-corrected chi connectivity index (χ1v) is 6.79. The number of hydrogen-bond acceptors (Lipinski definition) is 6. The number of nitrogens with one attached hydrogen (secondary N) is 1. The smallest absolute Gasteiger partial charge is 0.323 e. The molecule has 108 valence electrons. The van der Waals surface area contributed by atoms with Crippen molar-refractivity contribution < 1.29 is 4.74 Å². The molecule has 0 fully saturated rings. The Kier molecular flexibility index (Phi) is 4.39. The van der Waals surface area contributed by atoms with Crippen molar-refractivity contribution in [2.75, 3.05) is 18.5 Å². The van der Waals surface area contributed by atoms with Gasteiger partial charge in [-0.25, -0.2) is 4.68 Å². The van der Waals surface area contributed by atoms with Gasteiger partial charge in [-0.1, -0.05) is 11.6 Å². The molecule has 20 heavy (non-hydrogen) atoms. The fraction of sp³-hybridized carbons (Fsp3) is 0.500. The topological polar surface area (TPSA) is 77.8 Å². The highest BCUT2D eigenvalue weighted by Crippen LogP contribution is 2.21. The van der Waals surface area contributed by atoms with Crippen molar-refractivity contribution in [3.8, 4) is 12.0 Å². The van der Waals surface area contributed by atoms with E-state index in [1.807, 2.05) is 27.7 Å². The summed E-state index contributed by atoms with van der Waals surface area (Å²) in [5.74, 6) is 0.830. The van der Waals surface area contributed by atoms with Gasteiger partial charge in [-0.05, 0) is 27.7 Å². The summed E-state index contributed by atoms with van der Waals surface area (Å²) in [5, 5.41) is 7.98. The Bertz CT molecular complexity index is 588. The van der Waals surface area contributed by atoms with Gasteiger partial charge >= 0.3 is 6.01 Å². The molecule has 2 aromatic heterocycles. The van der Waals surface area contributed by atoms with Crippen molar-refractivity contribution in [2.24, 2.45) is 0 Å². The number of rotatable bonds is 5. The number of nitrogens with zero attached hydrogens (tertiary/aromatic N) is 5. The highest BCUT2D eigenvalue weighted by atomic mass is 35.5. The average Bonchev–Trinajstić information content (AvgIpc) is 2.67. The van der Waals surface area contributed by atoms with Gasteiger partial charge in [-0.15, -0.1) is 0 Å². The first-order chi connectivity index (χ1) is 9.56. The molecule has 2 rings (SSSR count). The Balaban J connectivity index is 2.51. The summed E-state index contributed by atoms with van der Waals surface area (Å²) >= 11 is 6.15. The number of aromatic nitrogens is 5. The summed E-state index contributed by atoms with van der Waals surface area (Å²) in [4.78, 5) is 12.7. The summed E-state index contributed by atoms with van der Waals surface area (Å²) in [6.07, 6.45) is 0. The van der Waals surface area contributed by atoms with Crippen LogP contribution >= 0.6 is 11.6 Å². The predicted octanol–water partition coefficient (Wildman–Crippen LogP) is 2.16. The van der Waals surface area contributed by atoms with E-state index in [4.69, 9.17) is 16.3 Å². The number of halogens is 1. The molecular formula is C12H17ClN6O. The van der Waals surface area contributed by atoms with Crippen LogP contribution < -0.4 is 10.1 Å². The molecule has 0 aromatic carbocycles. The number of ether oxygens (including phenoxy) is 1. The van der Waals surface area contributed by atoms with Crippen LogP contribution in [0.15, 0.2) is 0 Å². The zero-order chi connectivity index (χ0) is 14.7. The second-order valence-electron chi connectivity index (χ2n) is 4.10. The van der Waals surface area contributed by atoms with Crippen LogP contribution in [0.2, 0.25) is 5.02 Å². The van der Waals surface area contributed by atoms with Gasteiger partial charge in [0.15, 0.2) is 0 Å². The van der Waals surface area contributed by atoms with Crippen molar-refractivity contribution in [2.45, 2.75) is 27.7 Å². The number of anilines is 1. The lowest BCUT2D eigenvalue weighted by Gasteiger charge is -2.08. The number of aryl methyl sites for hydroxylation is 1. The lowest BCUT2D eigenvalue weighted by Crippen LogP contribution is -2.12. The molecule has 0 unspecified atom stereocenters. The Morgan fingerprint density at radius 3 is 2.50 bits per heavy atom. The summed E-state index contributed by atoms with van der Waals surface area (Å²) in [6, 6.07) is 0.261. The third-order valence-corrected chi connectivity index (χ3v) is 3.15. The molecule has 0 saturated carbocycles. The van der Waals surface area contributed by atoms with E-state index in [2.05, 4.69) is 25.4 Å². The highest BCUT2D eigenvalue weighted by molar-refractivity contribution is 6.31. The van der Waals surface area contributed by atoms with Crippen LogP contribution in [-0.2, 0) is 0 Å². The van der Waals surface area contributed by atoms with Crippen LogP contribution in [-0.4, -0.2) is 37.9 Å². The lowest BCUT2D eigenvalue weighted by molar-refractivity contribution is 0.311. The third-order valence-electron chi connectivity index (χ3n) is 2.60. The predicted molar refractivity (Wildman–Crippen MR) is 76.8 cm³/mol. The first kappa shape index (κ1) is 14.5. The van der Waals surface area contributed by atoms with Crippen molar-refractivity contribution in [3.63, 3.8) is 0 Å². The average molecular weight is 297 g/mol. The van der Waals surface area contributed by atoms with Crippen molar-refractivity contribution >= 4 is 17.5 Å². The van der Waals surface area contributed by atoms with Crippen LogP contribution in [0, 0.1) is 13.8 Å². The van der Waals surface area contributed by atoms with Gasteiger partial charge in [0.25, 0.3) is 5.95 Å². The summed E-state index contributed by atoms with van der Waals surface area (Å²) in [7, 11) is 0. The first-order valence-electron chi connectivity index (χ1n) is 6.41. The molecule has 0 radical (unpaired) electrons. The minimum atomic E-state index is 0.261. The Morgan fingerprint density at radius 2 is 1.95 bits per heavy atom. The zero-order valence-electron chi connectivity index (χ0n) is 11.9. The quantitative estimate of drug-likeness (QED) is 0.911. The van der Waals surface area contributed by atoms with Crippen LogP contribution in [0.1, 0.15) is 25.2 Å². The molecule has 0 bridgehead atoms. The van der Waals surface area contributed by atoms with E-state index >= 15 is 0 Å². The Morgan fingerprint density at radius 1 is 1.20 bits per heavy atom. The monoisotopic (exact) mass is 296 g/mol. The molecule has 0 spiro atoms. The molecule has 2 aromatic rings. The molecule has 1 N–H and O–H groups in total. The molecule has 0 aliphatic rings.